The van der Waals surface area contributed by atoms with Crippen LogP contribution in [-0.2, 0) is 13.0 Å². The Bertz CT molecular complexity index is 411. The molecule has 1 atom stereocenters. The van der Waals surface area contributed by atoms with E-state index in [0.29, 0.717) is 6.04 Å². The van der Waals surface area contributed by atoms with Crippen molar-refractivity contribution in [2.45, 2.75) is 32.4 Å². The van der Waals surface area contributed by atoms with Gasteiger partial charge in [0.25, 0.3) is 0 Å². The van der Waals surface area contributed by atoms with Crippen LogP contribution in [0.1, 0.15) is 24.6 Å². The molecule has 0 aliphatic rings. The van der Waals surface area contributed by atoms with Gasteiger partial charge in [-0.05, 0) is 18.4 Å². The molecule has 0 aliphatic heterocycles. The summed E-state index contributed by atoms with van der Waals surface area (Å²) in [5.74, 6) is 0. The zero-order chi connectivity index (χ0) is 11.9. The molecule has 0 fully saturated rings. The van der Waals surface area contributed by atoms with Crippen molar-refractivity contribution in [3.63, 3.8) is 0 Å². The van der Waals surface area contributed by atoms with E-state index in [1.165, 1.54) is 5.56 Å². The third-order valence-corrected chi connectivity index (χ3v) is 3.51. The van der Waals surface area contributed by atoms with E-state index in [9.17, 15) is 0 Å². The van der Waals surface area contributed by atoms with Crippen LogP contribution in [0.25, 0.3) is 0 Å². The van der Waals surface area contributed by atoms with Crippen molar-refractivity contribution >= 4 is 11.3 Å². The van der Waals surface area contributed by atoms with E-state index >= 15 is 0 Å². The fourth-order valence-corrected chi connectivity index (χ4v) is 2.39. The average molecular weight is 246 g/mol. The molecule has 0 saturated carbocycles. The lowest BCUT2D eigenvalue weighted by atomic mass is 10.0. The zero-order valence-corrected chi connectivity index (χ0v) is 10.9. The van der Waals surface area contributed by atoms with E-state index in [1.807, 2.05) is 5.51 Å². The summed E-state index contributed by atoms with van der Waals surface area (Å²) in [6.07, 6.45) is 2.22. The van der Waals surface area contributed by atoms with Gasteiger partial charge in [0.2, 0.25) is 0 Å². The van der Waals surface area contributed by atoms with Gasteiger partial charge in [-0.1, -0.05) is 37.3 Å². The number of nitrogens with one attached hydrogen (secondary N) is 1. The molecule has 1 heterocycles. The first-order valence-corrected chi connectivity index (χ1v) is 6.97. The van der Waals surface area contributed by atoms with Gasteiger partial charge in [0.05, 0.1) is 11.2 Å². The van der Waals surface area contributed by atoms with Crippen molar-refractivity contribution in [3.8, 4) is 0 Å². The maximum atomic E-state index is 4.29. The van der Waals surface area contributed by atoms with E-state index in [-0.39, 0.29) is 0 Å². The minimum Gasteiger partial charge on any atom is -0.308 e. The normalized spacial score (nSPS) is 12.5. The Hall–Kier alpha value is -1.19. The fraction of sp³-hybridized carbons (Fsp3) is 0.357. The van der Waals surface area contributed by atoms with Gasteiger partial charge in [0.1, 0.15) is 0 Å². The molecule has 0 radical (unpaired) electrons. The number of benzene rings is 1. The van der Waals surface area contributed by atoms with Gasteiger partial charge in [-0.2, -0.15) is 0 Å². The van der Waals surface area contributed by atoms with E-state index in [1.54, 1.807) is 11.3 Å². The summed E-state index contributed by atoms with van der Waals surface area (Å²) in [6, 6.07) is 11.2. The summed E-state index contributed by atoms with van der Waals surface area (Å²) >= 11 is 1.65. The molecule has 1 N–H and O–H groups in total. The first-order chi connectivity index (χ1) is 8.38. The molecule has 0 saturated heterocycles. The van der Waals surface area contributed by atoms with Crippen LogP contribution in [-0.4, -0.2) is 11.0 Å². The highest BCUT2D eigenvalue weighted by Crippen LogP contribution is 2.07. The molecule has 1 aromatic heterocycles. The molecule has 1 aromatic carbocycles. The third kappa shape index (κ3) is 3.95. The lowest BCUT2D eigenvalue weighted by molar-refractivity contribution is 0.491. The number of hydrogen-bond acceptors (Lipinski definition) is 3. The molecule has 3 heteroatoms. The SMILES string of the molecule is CCC(Cc1ccccc1)NCc1cscn1. The Morgan fingerprint density at radius 3 is 2.76 bits per heavy atom. The van der Waals surface area contributed by atoms with Gasteiger partial charge in [-0.15, -0.1) is 11.3 Å². The number of nitrogens with zero attached hydrogens (tertiary/aromatic N) is 1. The number of rotatable bonds is 6. The second-order valence-corrected chi connectivity index (χ2v) is 4.87. The first-order valence-electron chi connectivity index (χ1n) is 6.03. The van der Waals surface area contributed by atoms with Crippen molar-refractivity contribution in [3.05, 3.63) is 52.5 Å². The standard InChI is InChI=1S/C14H18N2S/c1-2-13(8-12-6-4-3-5-7-12)15-9-14-10-17-11-16-14/h3-7,10-11,13,15H,2,8-9H2,1H3. The summed E-state index contributed by atoms with van der Waals surface area (Å²) in [5.41, 5.74) is 4.42. The van der Waals surface area contributed by atoms with Crippen molar-refractivity contribution < 1.29 is 0 Å². The van der Waals surface area contributed by atoms with Crippen molar-refractivity contribution in [1.29, 1.82) is 0 Å². The topological polar surface area (TPSA) is 24.9 Å². The highest BCUT2D eigenvalue weighted by molar-refractivity contribution is 7.07. The predicted octanol–water partition coefficient (Wildman–Crippen LogP) is 3.25. The van der Waals surface area contributed by atoms with Gasteiger partial charge in [0, 0.05) is 18.0 Å². The second kappa shape index (κ2) is 6.52. The van der Waals surface area contributed by atoms with Gasteiger partial charge in [-0.3, -0.25) is 0 Å². The molecule has 2 aromatic rings. The predicted molar refractivity (Wildman–Crippen MR) is 73.2 cm³/mol. The molecule has 1 unspecified atom stereocenters. The molecule has 0 spiro atoms. The monoisotopic (exact) mass is 246 g/mol. The largest absolute Gasteiger partial charge is 0.308 e. The molecular weight excluding hydrogens is 228 g/mol. The molecule has 90 valence electrons. The third-order valence-electron chi connectivity index (χ3n) is 2.87. The highest BCUT2D eigenvalue weighted by atomic mass is 32.1. The highest BCUT2D eigenvalue weighted by Gasteiger charge is 2.07. The molecule has 17 heavy (non-hydrogen) atoms. The molecule has 0 bridgehead atoms. The van der Waals surface area contributed by atoms with Crippen LogP contribution in [0.5, 0.6) is 0 Å². The molecule has 2 nitrogen and oxygen atoms in total. The van der Waals surface area contributed by atoms with Crippen LogP contribution < -0.4 is 5.32 Å². The number of hydrogen-bond donors (Lipinski definition) is 1. The molecule has 0 amide bonds. The quantitative estimate of drug-likeness (QED) is 0.846. The maximum Gasteiger partial charge on any atom is 0.0795 e. The zero-order valence-electron chi connectivity index (χ0n) is 10.1. The summed E-state index contributed by atoms with van der Waals surface area (Å²) in [6.45, 7) is 3.09. The minimum absolute atomic E-state index is 0.527. The Morgan fingerprint density at radius 2 is 2.12 bits per heavy atom. The van der Waals surface area contributed by atoms with Crippen LogP contribution in [0.15, 0.2) is 41.2 Å². The van der Waals surface area contributed by atoms with Crippen LogP contribution >= 0.6 is 11.3 Å². The lowest BCUT2D eigenvalue weighted by Crippen LogP contribution is -2.30. The summed E-state index contributed by atoms with van der Waals surface area (Å²) in [5, 5.41) is 5.66. The van der Waals surface area contributed by atoms with Crippen LogP contribution in [0, 0.1) is 0 Å². The molecular formula is C14H18N2S. The average Bonchev–Trinajstić information content (AvgIpc) is 2.89. The Labute approximate surface area is 107 Å². The summed E-state index contributed by atoms with van der Waals surface area (Å²) in [4.78, 5) is 4.29. The van der Waals surface area contributed by atoms with E-state index in [2.05, 4.69) is 52.9 Å². The van der Waals surface area contributed by atoms with Gasteiger partial charge in [-0.25, -0.2) is 4.98 Å². The van der Waals surface area contributed by atoms with E-state index in [0.717, 1.165) is 25.1 Å². The molecule has 2 rings (SSSR count). The van der Waals surface area contributed by atoms with Crippen molar-refractivity contribution in [1.82, 2.24) is 10.3 Å². The van der Waals surface area contributed by atoms with Crippen LogP contribution in [0.2, 0.25) is 0 Å². The van der Waals surface area contributed by atoms with E-state index in [4.69, 9.17) is 0 Å². The van der Waals surface area contributed by atoms with Crippen molar-refractivity contribution in [2.24, 2.45) is 0 Å². The minimum atomic E-state index is 0.527. The Balaban J connectivity index is 1.85. The van der Waals surface area contributed by atoms with E-state index < -0.39 is 0 Å². The Kier molecular flexibility index (Phi) is 4.71. The van der Waals surface area contributed by atoms with Gasteiger partial charge >= 0.3 is 0 Å². The fourth-order valence-electron chi connectivity index (χ4n) is 1.83. The van der Waals surface area contributed by atoms with Crippen LogP contribution in [0.4, 0.5) is 0 Å². The van der Waals surface area contributed by atoms with Crippen molar-refractivity contribution in [2.75, 3.05) is 0 Å². The Morgan fingerprint density at radius 1 is 1.29 bits per heavy atom. The lowest BCUT2D eigenvalue weighted by Gasteiger charge is -2.16. The second-order valence-electron chi connectivity index (χ2n) is 4.16. The smallest absolute Gasteiger partial charge is 0.0795 e. The number of aromatic nitrogens is 1. The summed E-state index contributed by atoms with van der Waals surface area (Å²) in [7, 11) is 0. The molecule has 0 aliphatic carbocycles. The first kappa shape index (κ1) is 12.3. The van der Waals surface area contributed by atoms with Crippen LogP contribution in [0.3, 0.4) is 0 Å². The van der Waals surface area contributed by atoms with Gasteiger partial charge in [0.15, 0.2) is 0 Å². The summed E-state index contributed by atoms with van der Waals surface area (Å²) < 4.78 is 0. The maximum absolute atomic E-state index is 4.29. The van der Waals surface area contributed by atoms with Gasteiger partial charge < -0.3 is 5.32 Å². The number of thiazole rings is 1.